The summed E-state index contributed by atoms with van der Waals surface area (Å²) in [6.07, 6.45) is 0. The number of nitrogens with zero attached hydrogens (tertiary/aromatic N) is 2. The summed E-state index contributed by atoms with van der Waals surface area (Å²) in [5.41, 5.74) is 3.03. The summed E-state index contributed by atoms with van der Waals surface area (Å²) in [6.45, 7) is 4.69. The molecule has 0 spiro atoms. The molecule has 1 N–H and O–H groups in total. The SMILES string of the molecule is O=c1[nH]c2ccccc2cc1N1CCN(Cc2ccccc2)CC1. The van der Waals surface area contributed by atoms with E-state index < -0.39 is 0 Å². The van der Waals surface area contributed by atoms with E-state index >= 15 is 0 Å². The van der Waals surface area contributed by atoms with E-state index in [1.807, 2.05) is 36.4 Å². The van der Waals surface area contributed by atoms with Crippen LogP contribution < -0.4 is 10.5 Å². The largest absolute Gasteiger partial charge is 0.365 e. The van der Waals surface area contributed by atoms with Gasteiger partial charge in [-0.3, -0.25) is 9.69 Å². The van der Waals surface area contributed by atoms with Crippen molar-refractivity contribution in [2.45, 2.75) is 6.54 Å². The minimum Gasteiger partial charge on any atom is -0.365 e. The van der Waals surface area contributed by atoms with E-state index in [-0.39, 0.29) is 5.56 Å². The number of pyridine rings is 1. The number of anilines is 1. The van der Waals surface area contributed by atoms with E-state index in [0.29, 0.717) is 0 Å². The topological polar surface area (TPSA) is 39.3 Å². The predicted octanol–water partition coefficient (Wildman–Crippen LogP) is 2.85. The highest BCUT2D eigenvalue weighted by atomic mass is 16.1. The molecular weight excluding hydrogens is 298 g/mol. The highest BCUT2D eigenvalue weighted by Crippen LogP contribution is 2.18. The molecular formula is C20H21N3O. The minimum absolute atomic E-state index is 0.00482. The summed E-state index contributed by atoms with van der Waals surface area (Å²) in [6, 6.07) is 20.5. The van der Waals surface area contributed by atoms with Crippen LogP contribution >= 0.6 is 0 Å². The fourth-order valence-corrected chi connectivity index (χ4v) is 3.36. The molecule has 0 bridgehead atoms. The van der Waals surface area contributed by atoms with E-state index in [1.54, 1.807) is 0 Å². The van der Waals surface area contributed by atoms with Crippen LogP contribution in [-0.4, -0.2) is 36.1 Å². The number of H-pyrrole nitrogens is 1. The van der Waals surface area contributed by atoms with Gasteiger partial charge in [0.15, 0.2) is 0 Å². The van der Waals surface area contributed by atoms with Gasteiger partial charge in [-0.05, 0) is 17.7 Å². The van der Waals surface area contributed by atoms with Gasteiger partial charge in [0, 0.05) is 43.6 Å². The van der Waals surface area contributed by atoms with E-state index in [2.05, 4.69) is 39.0 Å². The van der Waals surface area contributed by atoms with Gasteiger partial charge >= 0.3 is 0 Å². The predicted molar refractivity (Wildman–Crippen MR) is 98.5 cm³/mol. The first-order chi connectivity index (χ1) is 11.8. The zero-order chi connectivity index (χ0) is 16.4. The van der Waals surface area contributed by atoms with E-state index in [0.717, 1.165) is 49.3 Å². The van der Waals surface area contributed by atoms with Gasteiger partial charge in [0.05, 0.1) is 0 Å². The standard InChI is InChI=1S/C20H21N3O/c24-20-19(14-17-8-4-5-9-18(17)21-20)23-12-10-22(11-13-23)15-16-6-2-1-3-7-16/h1-9,14H,10-13,15H2,(H,21,24). The lowest BCUT2D eigenvalue weighted by Gasteiger charge is -2.35. The highest BCUT2D eigenvalue weighted by Gasteiger charge is 2.19. The van der Waals surface area contributed by atoms with Crippen LogP contribution in [0.4, 0.5) is 5.69 Å². The zero-order valence-corrected chi connectivity index (χ0v) is 13.6. The maximum absolute atomic E-state index is 12.4. The van der Waals surface area contributed by atoms with Crippen LogP contribution in [0.25, 0.3) is 10.9 Å². The molecule has 1 aliphatic heterocycles. The molecule has 0 aliphatic carbocycles. The first-order valence-corrected chi connectivity index (χ1v) is 8.43. The van der Waals surface area contributed by atoms with Crippen molar-refractivity contribution in [1.29, 1.82) is 0 Å². The number of aromatic amines is 1. The van der Waals surface area contributed by atoms with E-state index in [9.17, 15) is 4.79 Å². The van der Waals surface area contributed by atoms with Crippen LogP contribution in [0.1, 0.15) is 5.56 Å². The van der Waals surface area contributed by atoms with Crippen LogP contribution in [-0.2, 0) is 6.54 Å². The number of piperazine rings is 1. The van der Waals surface area contributed by atoms with Gasteiger partial charge in [0.1, 0.15) is 5.69 Å². The Morgan fingerprint density at radius 2 is 1.58 bits per heavy atom. The molecule has 0 amide bonds. The Balaban J connectivity index is 1.48. The summed E-state index contributed by atoms with van der Waals surface area (Å²) >= 11 is 0. The first kappa shape index (κ1) is 15.0. The summed E-state index contributed by atoms with van der Waals surface area (Å²) in [5, 5.41) is 1.08. The molecule has 4 rings (SSSR count). The molecule has 1 fully saturated rings. The number of nitrogens with one attached hydrogen (secondary N) is 1. The molecule has 4 nitrogen and oxygen atoms in total. The number of hydrogen-bond acceptors (Lipinski definition) is 3. The van der Waals surface area contributed by atoms with Crippen molar-refractivity contribution in [3.05, 3.63) is 76.6 Å². The normalized spacial score (nSPS) is 15.8. The van der Waals surface area contributed by atoms with E-state index in [4.69, 9.17) is 0 Å². The molecule has 2 heterocycles. The lowest BCUT2D eigenvalue weighted by Crippen LogP contribution is -2.47. The van der Waals surface area contributed by atoms with Gasteiger partial charge < -0.3 is 9.88 Å². The summed E-state index contributed by atoms with van der Waals surface area (Å²) in [5.74, 6) is 0. The quantitative estimate of drug-likeness (QED) is 0.807. The Bertz CT molecular complexity index is 880. The maximum atomic E-state index is 12.4. The average molecular weight is 319 g/mol. The Hall–Kier alpha value is -2.59. The highest BCUT2D eigenvalue weighted by molar-refractivity contribution is 5.81. The number of fused-ring (bicyclic) bond motifs is 1. The molecule has 122 valence electrons. The van der Waals surface area contributed by atoms with Gasteiger partial charge in [0.2, 0.25) is 0 Å². The molecule has 2 aromatic carbocycles. The Kier molecular flexibility index (Phi) is 4.05. The molecule has 0 saturated carbocycles. The monoisotopic (exact) mass is 319 g/mol. The Morgan fingerprint density at radius 3 is 2.38 bits per heavy atom. The lowest BCUT2D eigenvalue weighted by molar-refractivity contribution is 0.249. The van der Waals surface area contributed by atoms with Gasteiger partial charge in [-0.15, -0.1) is 0 Å². The van der Waals surface area contributed by atoms with Crippen molar-refractivity contribution in [3.63, 3.8) is 0 Å². The molecule has 24 heavy (non-hydrogen) atoms. The smallest absolute Gasteiger partial charge is 0.271 e. The fourth-order valence-electron chi connectivity index (χ4n) is 3.36. The minimum atomic E-state index is 0.00482. The molecule has 3 aromatic rings. The van der Waals surface area contributed by atoms with Gasteiger partial charge in [-0.1, -0.05) is 48.5 Å². The molecule has 0 atom stereocenters. The van der Waals surface area contributed by atoms with Crippen molar-refractivity contribution in [2.24, 2.45) is 0 Å². The molecule has 0 unspecified atom stereocenters. The van der Waals surface area contributed by atoms with Crippen LogP contribution in [0.2, 0.25) is 0 Å². The van der Waals surface area contributed by atoms with Gasteiger partial charge in [-0.25, -0.2) is 0 Å². The van der Waals surface area contributed by atoms with Crippen LogP contribution in [0.3, 0.4) is 0 Å². The third kappa shape index (κ3) is 3.05. The zero-order valence-electron chi connectivity index (χ0n) is 13.6. The van der Waals surface area contributed by atoms with Crippen LogP contribution in [0.5, 0.6) is 0 Å². The van der Waals surface area contributed by atoms with Gasteiger partial charge in [0.25, 0.3) is 5.56 Å². The van der Waals surface area contributed by atoms with Crippen molar-refractivity contribution in [3.8, 4) is 0 Å². The van der Waals surface area contributed by atoms with Crippen molar-refractivity contribution < 1.29 is 0 Å². The third-order valence-corrected chi connectivity index (χ3v) is 4.70. The second kappa shape index (κ2) is 6.49. The van der Waals surface area contributed by atoms with Gasteiger partial charge in [-0.2, -0.15) is 0 Å². The first-order valence-electron chi connectivity index (χ1n) is 8.43. The lowest BCUT2D eigenvalue weighted by atomic mass is 10.1. The number of para-hydroxylation sites is 1. The van der Waals surface area contributed by atoms with Crippen molar-refractivity contribution in [1.82, 2.24) is 9.88 Å². The van der Waals surface area contributed by atoms with Crippen LogP contribution in [0.15, 0.2) is 65.5 Å². The fraction of sp³-hybridized carbons (Fsp3) is 0.250. The second-order valence-corrected chi connectivity index (χ2v) is 6.32. The average Bonchev–Trinajstić information content (AvgIpc) is 2.63. The summed E-state index contributed by atoms with van der Waals surface area (Å²) < 4.78 is 0. The van der Waals surface area contributed by atoms with Crippen molar-refractivity contribution in [2.75, 3.05) is 31.1 Å². The Labute approximate surface area is 141 Å². The summed E-state index contributed by atoms with van der Waals surface area (Å²) in [7, 11) is 0. The molecule has 4 heteroatoms. The van der Waals surface area contributed by atoms with Crippen LogP contribution in [0, 0.1) is 0 Å². The second-order valence-electron chi connectivity index (χ2n) is 6.32. The maximum Gasteiger partial charge on any atom is 0.271 e. The number of aromatic nitrogens is 1. The number of rotatable bonds is 3. The summed E-state index contributed by atoms with van der Waals surface area (Å²) in [4.78, 5) is 20.0. The third-order valence-electron chi connectivity index (χ3n) is 4.70. The molecule has 1 saturated heterocycles. The Morgan fingerprint density at radius 1 is 0.875 bits per heavy atom. The van der Waals surface area contributed by atoms with E-state index in [1.165, 1.54) is 5.56 Å². The molecule has 1 aromatic heterocycles. The van der Waals surface area contributed by atoms with Crippen molar-refractivity contribution >= 4 is 16.6 Å². The molecule has 0 radical (unpaired) electrons. The number of hydrogen-bond donors (Lipinski definition) is 1. The molecule has 1 aliphatic rings. The number of benzene rings is 2.